The van der Waals surface area contributed by atoms with Gasteiger partial charge in [-0.3, -0.25) is 4.79 Å². The number of carboxylic acids is 1. The first kappa shape index (κ1) is 11.6. The third kappa shape index (κ3) is 1.78. The number of imidazole rings is 1. The fourth-order valence-corrected chi connectivity index (χ4v) is 2.06. The molecular formula is C12H15N3O2. The van der Waals surface area contributed by atoms with Gasteiger partial charge in [0.15, 0.2) is 0 Å². The summed E-state index contributed by atoms with van der Waals surface area (Å²) in [5, 5.41) is 9.00. The Bertz CT molecular complexity index is 574. The van der Waals surface area contributed by atoms with E-state index in [1.807, 2.05) is 24.4 Å². The predicted molar refractivity (Wildman–Crippen MR) is 63.9 cm³/mol. The van der Waals surface area contributed by atoms with Gasteiger partial charge in [0.1, 0.15) is 11.9 Å². The van der Waals surface area contributed by atoms with Gasteiger partial charge in [0.05, 0.1) is 11.2 Å². The lowest BCUT2D eigenvalue weighted by Gasteiger charge is -2.09. The van der Waals surface area contributed by atoms with Crippen molar-refractivity contribution in [2.24, 2.45) is 5.73 Å². The van der Waals surface area contributed by atoms with E-state index in [1.165, 1.54) is 0 Å². The van der Waals surface area contributed by atoms with Crippen LogP contribution in [0.5, 0.6) is 0 Å². The number of hydrogen-bond acceptors (Lipinski definition) is 3. The lowest BCUT2D eigenvalue weighted by molar-refractivity contribution is -0.138. The zero-order chi connectivity index (χ0) is 12.6. The number of nitrogens with zero attached hydrogens (tertiary/aromatic N) is 2. The SMILES string of the molecule is CCc1nc(C)c2c(C(N)C(=O)O)cccn12. The molecule has 1 atom stereocenters. The minimum absolute atomic E-state index is 0.602. The second kappa shape index (κ2) is 4.18. The summed E-state index contributed by atoms with van der Waals surface area (Å²) in [6.45, 7) is 3.88. The van der Waals surface area contributed by atoms with Crippen molar-refractivity contribution < 1.29 is 9.90 Å². The molecule has 17 heavy (non-hydrogen) atoms. The molecule has 0 aliphatic carbocycles. The summed E-state index contributed by atoms with van der Waals surface area (Å²) in [7, 11) is 0. The molecule has 2 aromatic heterocycles. The minimum Gasteiger partial charge on any atom is -0.480 e. The average molecular weight is 233 g/mol. The van der Waals surface area contributed by atoms with Crippen molar-refractivity contribution in [2.45, 2.75) is 26.3 Å². The molecule has 3 N–H and O–H groups in total. The van der Waals surface area contributed by atoms with Crippen LogP contribution >= 0.6 is 0 Å². The number of aliphatic carboxylic acids is 1. The first-order valence-electron chi connectivity index (χ1n) is 5.51. The molecule has 0 saturated carbocycles. The monoisotopic (exact) mass is 233 g/mol. The van der Waals surface area contributed by atoms with Gasteiger partial charge in [-0.25, -0.2) is 4.98 Å². The van der Waals surface area contributed by atoms with Crippen LogP contribution in [-0.2, 0) is 11.2 Å². The first-order chi connectivity index (χ1) is 8.06. The summed E-state index contributed by atoms with van der Waals surface area (Å²) in [6.07, 6.45) is 2.67. The summed E-state index contributed by atoms with van der Waals surface area (Å²) in [4.78, 5) is 15.4. The maximum atomic E-state index is 11.0. The Labute approximate surface area is 98.9 Å². The van der Waals surface area contributed by atoms with Gasteiger partial charge in [-0.2, -0.15) is 0 Å². The quantitative estimate of drug-likeness (QED) is 0.837. The van der Waals surface area contributed by atoms with Crippen molar-refractivity contribution >= 4 is 11.5 Å². The molecule has 0 bridgehead atoms. The number of carbonyl (C=O) groups is 1. The van der Waals surface area contributed by atoms with Crippen LogP contribution in [0.25, 0.3) is 5.52 Å². The topological polar surface area (TPSA) is 80.6 Å². The van der Waals surface area contributed by atoms with Crippen LogP contribution in [0.2, 0.25) is 0 Å². The normalized spacial score (nSPS) is 12.9. The molecule has 0 aliphatic rings. The van der Waals surface area contributed by atoms with Crippen molar-refractivity contribution in [1.29, 1.82) is 0 Å². The molecule has 5 nitrogen and oxygen atoms in total. The summed E-state index contributed by atoms with van der Waals surface area (Å²) in [5.41, 5.74) is 7.90. The van der Waals surface area contributed by atoms with Crippen molar-refractivity contribution in [1.82, 2.24) is 9.38 Å². The number of carboxylic acid groups (broad SMARTS) is 1. The predicted octanol–water partition coefficient (Wildman–Crippen LogP) is 1.29. The Morgan fingerprint density at radius 1 is 1.65 bits per heavy atom. The molecule has 0 spiro atoms. The van der Waals surface area contributed by atoms with E-state index in [0.717, 1.165) is 23.5 Å². The standard InChI is InChI=1S/C12H15N3O2/c1-3-9-14-7(2)11-8(10(13)12(16)17)5-4-6-15(9)11/h4-6,10H,3,13H2,1-2H3,(H,16,17). The molecule has 90 valence electrons. The number of pyridine rings is 1. The maximum absolute atomic E-state index is 11.0. The van der Waals surface area contributed by atoms with E-state index in [0.29, 0.717) is 5.56 Å². The molecule has 0 radical (unpaired) electrons. The van der Waals surface area contributed by atoms with Crippen molar-refractivity contribution in [3.05, 3.63) is 35.4 Å². The highest BCUT2D eigenvalue weighted by atomic mass is 16.4. The molecule has 2 heterocycles. The van der Waals surface area contributed by atoms with E-state index in [9.17, 15) is 4.79 Å². The molecule has 0 fully saturated rings. The van der Waals surface area contributed by atoms with Gasteiger partial charge in [0, 0.05) is 18.2 Å². The number of aromatic nitrogens is 2. The second-order valence-electron chi connectivity index (χ2n) is 3.97. The Morgan fingerprint density at radius 3 is 2.94 bits per heavy atom. The van der Waals surface area contributed by atoms with E-state index in [1.54, 1.807) is 12.1 Å². The van der Waals surface area contributed by atoms with Crippen LogP contribution in [-0.4, -0.2) is 20.5 Å². The number of aryl methyl sites for hydroxylation is 2. The second-order valence-corrected chi connectivity index (χ2v) is 3.97. The summed E-state index contributed by atoms with van der Waals surface area (Å²) in [6, 6.07) is 2.52. The number of nitrogens with two attached hydrogens (primary N) is 1. The van der Waals surface area contributed by atoms with Crippen molar-refractivity contribution in [2.75, 3.05) is 0 Å². The van der Waals surface area contributed by atoms with E-state index in [4.69, 9.17) is 10.8 Å². The van der Waals surface area contributed by atoms with Crippen molar-refractivity contribution in [3.8, 4) is 0 Å². The lowest BCUT2D eigenvalue weighted by atomic mass is 10.1. The highest BCUT2D eigenvalue weighted by Crippen LogP contribution is 2.22. The molecule has 1 unspecified atom stereocenters. The average Bonchev–Trinajstić information content (AvgIpc) is 2.65. The molecule has 2 aromatic rings. The van der Waals surface area contributed by atoms with Crippen LogP contribution in [0.1, 0.15) is 30.0 Å². The fourth-order valence-electron chi connectivity index (χ4n) is 2.06. The van der Waals surface area contributed by atoms with Crippen molar-refractivity contribution in [3.63, 3.8) is 0 Å². The molecule has 0 amide bonds. The molecular weight excluding hydrogens is 218 g/mol. The highest BCUT2D eigenvalue weighted by Gasteiger charge is 2.20. The fraction of sp³-hybridized carbons (Fsp3) is 0.333. The van der Waals surface area contributed by atoms with Gasteiger partial charge in [-0.05, 0) is 13.0 Å². The molecule has 0 aromatic carbocycles. The van der Waals surface area contributed by atoms with E-state index < -0.39 is 12.0 Å². The van der Waals surface area contributed by atoms with E-state index in [-0.39, 0.29) is 0 Å². The molecule has 0 aliphatic heterocycles. The Balaban J connectivity index is 2.73. The Morgan fingerprint density at radius 2 is 2.35 bits per heavy atom. The smallest absolute Gasteiger partial charge is 0.325 e. The molecule has 5 heteroatoms. The highest BCUT2D eigenvalue weighted by molar-refractivity contribution is 5.79. The number of fused-ring (bicyclic) bond motifs is 1. The summed E-state index contributed by atoms with van der Waals surface area (Å²) in [5.74, 6) is -0.117. The third-order valence-electron chi connectivity index (χ3n) is 2.86. The first-order valence-corrected chi connectivity index (χ1v) is 5.51. The number of rotatable bonds is 3. The zero-order valence-corrected chi connectivity index (χ0v) is 9.84. The van der Waals surface area contributed by atoms with Crippen LogP contribution in [0, 0.1) is 6.92 Å². The van der Waals surface area contributed by atoms with Crippen LogP contribution in [0.3, 0.4) is 0 Å². The maximum Gasteiger partial charge on any atom is 0.325 e. The van der Waals surface area contributed by atoms with Gasteiger partial charge >= 0.3 is 5.97 Å². The summed E-state index contributed by atoms with van der Waals surface area (Å²) < 4.78 is 1.91. The van der Waals surface area contributed by atoms with Gasteiger partial charge in [-0.1, -0.05) is 13.0 Å². The molecule has 0 saturated heterocycles. The number of hydrogen-bond donors (Lipinski definition) is 2. The van der Waals surface area contributed by atoms with E-state index in [2.05, 4.69) is 4.98 Å². The largest absolute Gasteiger partial charge is 0.480 e. The third-order valence-corrected chi connectivity index (χ3v) is 2.86. The van der Waals surface area contributed by atoms with Gasteiger partial charge < -0.3 is 15.2 Å². The lowest BCUT2D eigenvalue weighted by Crippen LogP contribution is -2.21. The van der Waals surface area contributed by atoms with Crippen LogP contribution in [0.4, 0.5) is 0 Å². The Kier molecular flexibility index (Phi) is 2.85. The molecule has 2 rings (SSSR count). The van der Waals surface area contributed by atoms with E-state index >= 15 is 0 Å². The van der Waals surface area contributed by atoms with Gasteiger partial charge in [-0.15, -0.1) is 0 Å². The minimum atomic E-state index is -1.03. The van der Waals surface area contributed by atoms with Gasteiger partial charge in [0.25, 0.3) is 0 Å². The van der Waals surface area contributed by atoms with Crippen LogP contribution < -0.4 is 5.73 Å². The summed E-state index contributed by atoms with van der Waals surface area (Å²) >= 11 is 0. The Hall–Kier alpha value is -1.88. The van der Waals surface area contributed by atoms with Crippen LogP contribution in [0.15, 0.2) is 18.3 Å². The zero-order valence-electron chi connectivity index (χ0n) is 9.84. The van der Waals surface area contributed by atoms with Gasteiger partial charge in [0.2, 0.25) is 0 Å².